The fraction of sp³-hybridized carbons (Fsp3) is 0.533. The van der Waals surface area contributed by atoms with Gasteiger partial charge in [0.1, 0.15) is 29.2 Å². The summed E-state index contributed by atoms with van der Waals surface area (Å²) in [5.41, 5.74) is -0.0489. The minimum absolute atomic E-state index is 0.0228. The van der Waals surface area contributed by atoms with Gasteiger partial charge in [0.25, 0.3) is 5.91 Å². The number of benzene rings is 2. The molecule has 0 spiro atoms. The SMILES string of the molecule is C=CC1C[C@]1(NC(=O)[C@@H]1C[C@@H](Oc2cc(-c3ccccc3)nc3cc(OC)ccc23)CN1C(=O)[C@@H](CC(=O)N1C(C)CCCC1C)C(C)(C)C)C(=O)NS(=O)(=O)C1CC1. The number of amides is 4. The molecule has 3 heterocycles. The summed E-state index contributed by atoms with van der Waals surface area (Å²) in [5, 5.41) is 2.95. The van der Waals surface area contributed by atoms with Gasteiger partial charge in [-0.25, -0.2) is 13.4 Å². The molecule has 2 aliphatic carbocycles. The van der Waals surface area contributed by atoms with Crippen LogP contribution in [0.2, 0.25) is 0 Å². The van der Waals surface area contributed by atoms with Gasteiger partial charge in [-0.05, 0) is 69.9 Å². The molecule has 3 unspecified atom stereocenters. The van der Waals surface area contributed by atoms with Crippen LogP contribution >= 0.6 is 0 Å². The van der Waals surface area contributed by atoms with Crippen LogP contribution in [0, 0.1) is 17.3 Å². The van der Waals surface area contributed by atoms with Gasteiger partial charge in [-0.15, -0.1) is 6.58 Å². The molecule has 1 aromatic heterocycles. The summed E-state index contributed by atoms with van der Waals surface area (Å²) >= 11 is 0. The standard InChI is InChI=1S/C45H57N5O8S/c1-8-30-25-45(30,43(54)48-59(55,56)33-18-19-33)47-41(52)38-22-32(26-49(38)42(53)35(44(4,5)6)23-40(51)50-27(2)13-12-14-28(50)3)58-39-24-36(29-15-10-9-11-16-29)46-37-21-31(57-7)17-20-34(37)39/h8-11,15-17,20-21,24,27-28,30,32-33,35,38H,1,12-14,18-19,22-23,25-26H2,2-7H3,(H,47,52)(H,48,54)/t27?,28?,30?,32-,35-,38+,45-/m1/s1. The second-order valence-corrected chi connectivity index (χ2v) is 19.9. The highest BCUT2D eigenvalue weighted by molar-refractivity contribution is 7.91. The fourth-order valence-corrected chi connectivity index (χ4v) is 10.3. The van der Waals surface area contributed by atoms with Crippen LogP contribution in [-0.2, 0) is 29.2 Å². The van der Waals surface area contributed by atoms with Gasteiger partial charge in [-0.1, -0.05) is 57.2 Å². The molecule has 4 aliphatic rings. The number of nitrogens with one attached hydrogen (secondary N) is 2. The van der Waals surface area contributed by atoms with E-state index in [1.165, 1.54) is 11.0 Å². The second-order valence-electron chi connectivity index (χ2n) is 18.0. The highest BCUT2D eigenvalue weighted by atomic mass is 32.2. The first-order valence-corrected chi connectivity index (χ1v) is 22.3. The maximum atomic E-state index is 15.0. The van der Waals surface area contributed by atoms with Gasteiger partial charge < -0.3 is 24.6 Å². The van der Waals surface area contributed by atoms with Gasteiger partial charge >= 0.3 is 0 Å². The van der Waals surface area contributed by atoms with Crippen molar-refractivity contribution in [1.82, 2.24) is 24.8 Å². The monoisotopic (exact) mass is 827 g/mol. The number of carbonyl (C=O) groups is 4. The van der Waals surface area contributed by atoms with Crippen molar-refractivity contribution in [3.63, 3.8) is 0 Å². The molecule has 2 saturated carbocycles. The molecular weight excluding hydrogens is 771 g/mol. The Kier molecular flexibility index (Phi) is 11.6. The number of ether oxygens (including phenoxy) is 2. The average Bonchev–Trinajstić information content (AvgIpc) is 4.13. The number of nitrogens with zero attached hydrogens (tertiary/aromatic N) is 3. The third-order valence-corrected chi connectivity index (χ3v) is 14.5. The summed E-state index contributed by atoms with van der Waals surface area (Å²) < 4.78 is 40.2. The van der Waals surface area contributed by atoms with Crippen LogP contribution < -0.4 is 19.5 Å². The first-order chi connectivity index (χ1) is 27.9. The Morgan fingerprint density at radius 2 is 1.71 bits per heavy atom. The molecule has 0 radical (unpaired) electrons. The number of methoxy groups -OCH3 is 1. The number of aromatic nitrogens is 1. The zero-order valence-corrected chi connectivity index (χ0v) is 35.7. The smallest absolute Gasteiger partial charge is 0.259 e. The van der Waals surface area contributed by atoms with E-state index in [-0.39, 0.29) is 49.7 Å². The predicted octanol–water partition coefficient (Wildman–Crippen LogP) is 5.77. The Hall–Kier alpha value is -4.98. The van der Waals surface area contributed by atoms with E-state index in [9.17, 15) is 22.8 Å². The summed E-state index contributed by atoms with van der Waals surface area (Å²) in [6, 6.07) is 16.0. The Bertz CT molecular complexity index is 2230. The van der Waals surface area contributed by atoms with Crippen LogP contribution in [-0.4, -0.2) is 95.5 Å². The molecule has 14 heteroatoms. The molecule has 3 aromatic rings. The summed E-state index contributed by atoms with van der Waals surface area (Å²) in [5.74, 6) is -2.07. The Morgan fingerprint density at radius 3 is 2.32 bits per heavy atom. The molecule has 13 nitrogen and oxygen atoms in total. The molecular formula is C45H57N5O8S. The van der Waals surface area contributed by atoms with Gasteiger partial charge in [-0.3, -0.25) is 23.9 Å². The van der Waals surface area contributed by atoms with E-state index in [0.29, 0.717) is 40.9 Å². The minimum atomic E-state index is -3.90. The highest BCUT2D eigenvalue weighted by Gasteiger charge is 2.62. The first-order valence-electron chi connectivity index (χ1n) is 20.8. The molecule has 2 saturated heterocycles. The van der Waals surface area contributed by atoms with E-state index >= 15 is 4.79 Å². The van der Waals surface area contributed by atoms with E-state index in [1.807, 2.05) is 94.1 Å². The number of sulfonamides is 1. The van der Waals surface area contributed by atoms with Crippen LogP contribution in [0.4, 0.5) is 0 Å². The van der Waals surface area contributed by atoms with E-state index in [2.05, 4.69) is 16.6 Å². The Morgan fingerprint density at radius 1 is 1.02 bits per heavy atom. The number of carbonyl (C=O) groups excluding carboxylic acids is 4. The molecule has 59 heavy (non-hydrogen) atoms. The van der Waals surface area contributed by atoms with Crippen LogP contribution in [0.25, 0.3) is 22.2 Å². The molecule has 2 N–H and O–H groups in total. The Labute approximate surface area is 347 Å². The van der Waals surface area contributed by atoms with E-state index in [4.69, 9.17) is 14.5 Å². The van der Waals surface area contributed by atoms with Gasteiger partial charge in [0.05, 0.1) is 36.0 Å². The number of pyridine rings is 1. The van der Waals surface area contributed by atoms with Crippen molar-refractivity contribution >= 4 is 44.6 Å². The van der Waals surface area contributed by atoms with Crippen molar-refractivity contribution in [1.29, 1.82) is 0 Å². The maximum absolute atomic E-state index is 15.0. The normalized spacial score (nSPS) is 26.2. The van der Waals surface area contributed by atoms with Crippen molar-refractivity contribution in [2.75, 3.05) is 13.7 Å². The second kappa shape index (κ2) is 16.2. The van der Waals surface area contributed by atoms with Crippen molar-refractivity contribution in [3.8, 4) is 22.8 Å². The van der Waals surface area contributed by atoms with Gasteiger partial charge in [-0.2, -0.15) is 0 Å². The van der Waals surface area contributed by atoms with Gasteiger partial charge in [0.2, 0.25) is 27.7 Å². The number of piperidine rings is 1. The lowest BCUT2D eigenvalue weighted by molar-refractivity contribution is -0.150. The average molecular weight is 828 g/mol. The molecule has 7 atom stereocenters. The lowest BCUT2D eigenvalue weighted by Gasteiger charge is -2.41. The topological polar surface area (TPSA) is 164 Å². The molecule has 2 aliphatic heterocycles. The lowest BCUT2D eigenvalue weighted by Crippen LogP contribution is -2.57. The van der Waals surface area contributed by atoms with Crippen LogP contribution in [0.15, 0.2) is 67.3 Å². The lowest BCUT2D eigenvalue weighted by atomic mass is 9.77. The first kappa shape index (κ1) is 42.2. The largest absolute Gasteiger partial charge is 0.497 e. The van der Waals surface area contributed by atoms with Crippen LogP contribution in [0.1, 0.15) is 86.0 Å². The number of fused-ring (bicyclic) bond motifs is 1. The Balaban J connectivity index is 1.22. The van der Waals surface area contributed by atoms with Gasteiger partial charge in [0, 0.05) is 53.9 Å². The summed E-state index contributed by atoms with van der Waals surface area (Å²) in [6.07, 6.45) is 4.80. The molecule has 7 rings (SSSR count). The fourth-order valence-electron chi connectivity index (χ4n) is 8.89. The van der Waals surface area contributed by atoms with E-state index in [1.54, 1.807) is 7.11 Å². The number of hydrogen-bond acceptors (Lipinski definition) is 9. The number of hydrogen-bond donors (Lipinski definition) is 2. The van der Waals surface area contributed by atoms with E-state index < -0.39 is 62.0 Å². The summed E-state index contributed by atoms with van der Waals surface area (Å²) in [7, 11) is -2.32. The van der Waals surface area contributed by atoms with Crippen molar-refractivity contribution < 1.29 is 37.1 Å². The third kappa shape index (κ3) is 8.69. The number of rotatable bonds is 13. The van der Waals surface area contributed by atoms with Crippen molar-refractivity contribution in [2.45, 2.75) is 121 Å². The van der Waals surface area contributed by atoms with Crippen LogP contribution in [0.5, 0.6) is 11.5 Å². The van der Waals surface area contributed by atoms with Crippen LogP contribution in [0.3, 0.4) is 0 Å². The predicted molar refractivity (Wildman–Crippen MR) is 225 cm³/mol. The van der Waals surface area contributed by atoms with Crippen molar-refractivity contribution in [2.24, 2.45) is 17.3 Å². The van der Waals surface area contributed by atoms with Crippen molar-refractivity contribution in [3.05, 3.63) is 67.3 Å². The third-order valence-electron chi connectivity index (χ3n) is 12.6. The maximum Gasteiger partial charge on any atom is 0.259 e. The molecule has 0 bridgehead atoms. The molecule has 4 fully saturated rings. The minimum Gasteiger partial charge on any atom is -0.497 e. The molecule has 316 valence electrons. The summed E-state index contributed by atoms with van der Waals surface area (Å²) in [4.78, 5) is 65.7. The molecule has 4 amide bonds. The highest BCUT2D eigenvalue weighted by Crippen LogP contribution is 2.46. The quantitative estimate of drug-likeness (QED) is 0.204. The molecule has 2 aromatic carbocycles. The van der Waals surface area contributed by atoms with E-state index in [0.717, 1.165) is 24.8 Å². The zero-order valence-electron chi connectivity index (χ0n) is 34.9. The summed E-state index contributed by atoms with van der Waals surface area (Å²) in [6.45, 7) is 13.7. The zero-order chi connectivity index (χ0) is 42.4. The van der Waals surface area contributed by atoms with Gasteiger partial charge in [0.15, 0.2) is 0 Å². The number of likely N-dealkylation sites (tertiary alicyclic amines) is 2.